The van der Waals surface area contributed by atoms with Gasteiger partial charge in [0.1, 0.15) is 11.1 Å². The molecule has 2 aromatic heterocycles. The quantitative estimate of drug-likeness (QED) is 0.657. The second kappa shape index (κ2) is 6.40. The van der Waals surface area contributed by atoms with Crippen LogP contribution in [0.15, 0.2) is 18.2 Å². The summed E-state index contributed by atoms with van der Waals surface area (Å²) in [4.78, 5) is 29.4. The highest BCUT2D eigenvalue weighted by Crippen LogP contribution is 2.34. The molecule has 0 unspecified atom stereocenters. The predicted octanol–water partition coefficient (Wildman–Crippen LogP) is 1.56. The van der Waals surface area contributed by atoms with Crippen molar-refractivity contribution < 1.29 is 18.4 Å². The molecule has 1 N–H and O–H groups in total. The third-order valence-corrected chi connectivity index (χ3v) is 4.45. The summed E-state index contributed by atoms with van der Waals surface area (Å²) in [6.07, 6.45) is 0. The lowest BCUT2D eigenvalue weighted by Gasteiger charge is -2.15. The first-order chi connectivity index (χ1) is 11.8. The van der Waals surface area contributed by atoms with Crippen molar-refractivity contribution in [2.75, 3.05) is 18.9 Å². The van der Waals surface area contributed by atoms with Crippen LogP contribution >= 0.6 is 11.6 Å². The zero-order valence-electron chi connectivity index (χ0n) is 13.3. The smallest absolute Gasteiger partial charge is 0.239 e. The molecule has 0 aromatic carbocycles. The number of aromatic nitrogens is 3. The molecule has 1 fully saturated rings. The molecule has 132 valence electrons. The number of likely N-dealkylation sites (tertiary alicyclic amines) is 1. The van der Waals surface area contributed by atoms with E-state index in [9.17, 15) is 18.4 Å². The summed E-state index contributed by atoms with van der Waals surface area (Å²) < 4.78 is 28.0. The van der Waals surface area contributed by atoms with Crippen molar-refractivity contribution in [1.29, 1.82) is 0 Å². The van der Waals surface area contributed by atoms with E-state index in [1.54, 1.807) is 20.2 Å². The largest absolute Gasteiger partial charge is 0.344 e. The Labute approximate surface area is 146 Å². The van der Waals surface area contributed by atoms with E-state index < -0.39 is 35.5 Å². The van der Waals surface area contributed by atoms with Crippen LogP contribution in [0, 0.1) is 17.8 Å². The molecule has 2 aromatic rings. The van der Waals surface area contributed by atoms with Crippen molar-refractivity contribution in [1.82, 2.24) is 19.7 Å². The molecule has 1 aliphatic heterocycles. The van der Waals surface area contributed by atoms with Gasteiger partial charge in [0.25, 0.3) is 0 Å². The fourth-order valence-corrected chi connectivity index (χ4v) is 2.97. The zero-order chi connectivity index (χ0) is 18.3. The molecule has 3 heterocycles. The van der Waals surface area contributed by atoms with Crippen LogP contribution in [0.5, 0.6) is 0 Å². The Morgan fingerprint density at radius 3 is 2.68 bits per heavy atom. The third kappa shape index (κ3) is 3.19. The van der Waals surface area contributed by atoms with E-state index in [4.69, 9.17) is 11.6 Å². The number of pyridine rings is 1. The molecule has 2 amide bonds. The number of rotatable bonds is 3. The average molecular weight is 370 g/mol. The number of likely N-dealkylation sites (N-methyl/N-ethyl adjacent to an activating group) is 1. The SMILES string of the molecule is CN1C[C@H](c2cc(Cl)n(C)n2)[C@@H](C(=O)Nc2ccc(F)nc2F)C1=O. The van der Waals surface area contributed by atoms with Crippen LogP contribution < -0.4 is 5.32 Å². The van der Waals surface area contributed by atoms with Crippen molar-refractivity contribution in [2.24, 2.45) is 13.0 Å². The summed E-state index contributed by atoms with van der Waals surface area (Å²) >= 11 is 5.98. The first kappa shape index (κ1) is 17.3. The number of amides is 2. The fourth-order valence-electron chi connectivity index (χ4n) is 2.82. The van der Waals surface area contributed by atoms with Crippen molar-refractivity contribution in [2.45, 2.75) is 5.92 Å². The molecule has 2 atom stereocenters. The van der Waals surface area contributed by atoms with Crippen molar-refractivity contribution in [3.63, 3.8) is 0 Å². The van der Waals surface area contributed by atoms with Gasteiger partial charge >= 0.3 is 0 Å². The molecule has 10 heteroatoms. The van der Waals surface area contributed by atoms with Crippen molar-refractivity contribution in [3.05, 3.63) is 40.9 Å². The van der Waals surface area contributed by atoms with Crippen LogP contribution in [0.4, 0.5) is 14.5 Å². The van der Waals surface area contributed by atoms with E-state index in [1.165, 1.54) is 9.58 Å². The van der Waals surface area contributed by atoms with E-state index in [2.05, 4.69) is 15.4 Å². The minimum Gasteiger partial charge on any atom is -0.344 e. The summed E-state index contributed by atoms with van der Waals surface area (Å²) in [5.41, 5.74) is 0.189. The Hall–Kier alpha value is -2.55. The van der Waals surface area contributed by atoms with Crippen LogP contribution in [0.25, 0.3) is 0 Å². The number of hydrogen-bond donors (Lipinski definition) is 1. The van der Waals surface area contributed by atoms with Crippen LogP contribution in [-0.4, -0.2) is 45.1 Å². The summed E-state index contributed by atoms with van der Waals surface area (Å²) in [5.74, 6) is -4.93. The minimum absolute atomic E-state index is 0.272. The number of carbonyl (C=O) groups is 2. The standard InChI is InChI=1S/C15H14ClF2N5O2/c1-22-6-7(9-5-10(16)23(2)21-9)12(15(22)25)14(24)19-8-3-4-11(17)20-13(8)18/h3-5,7,12H,6H2,1-2H3,(H,19,24)/t7-,12+/m1/s1. The van der Waals surface area contributed by atoms with Crippen LogP contribution in [0.3, 0.4) is 0 Å². The molecular weight excluding hydrogens is 356 g/mol. The zero-order valence-corrected chi connectivity index (χ0v) is 14.1. The Morgan fingerprint density at radius 1 is 1.36 bits per heavy atom. The van der Waals surface area contributed by atoms with Gasteiger partial charge in [-0.15, -0.1) is 0 Å². The second-order valence-electron chi connectivity index (χ2n) is 5.78. The molecule has 0 saturated carbocycles. The maximum absolute atomic E-state index is 13.7. The summed E-state index contributed by atoms with van der Waals surface area (Å²) in [6.45, 7) is 0.272. The Balaban J connectivity index is 1.88. The fraction of sp³-hybridized carbons (Fsp3) is 0.333. The lowest BCUT2D eigenvalue weighted by molar-refractivity contribution is -0.135. The maximum Gasteiger partial charge on any atom is 0.239 e. The highest BCUT2D eigenvalue weighted by atomic mass is 35.5. The van der Waals surface area contributed by atoms with Crippen LogP contribution in [-0.2, 0) is 16.6 Å². The van der Waals surface area contributed by atoms with Gasteiger partial charge in [-0.1, -0.05) is 11.6 Å². The molecule has 25 heavy (non-hydrogen) atoms. The van der Waals surface area contributed by atoms with Gasteiger partial charge in [-0.3, -0.25) is 14.3 Å². The van der Waals surface area contributed by atoms with Gasteiger partial charge in [0.15, 0.2) is 0 Å². The molecule has 0 bridgehead atoms. The van der Waals surface area contributed by atoms with Gasteiger partial charge in [0.2, 0.25) is 23.7 Å². The van der Waals surface area contributed by atoms with Gasteiger partial charge in [-0.05, 0) is 18.2 Å². The highest BCUT2D eigenvalue weighted by Gasteiger charge is 2.45. The van der Waals surface area contributed by atoms with E-state index in [0.717, 1.165) is 12.1 Å². The molecule has 3 rings (SSSR count). The number of halogens is 3. The molecule has 0 spiro atoms. The van der Waals surface area contributed by atoms with Gasteiger partial charge in [-0.2, -0.15) is 18.9 Å². The topological polar surface area (TPSA) is 80.1 Å². The van der Waals surface area contributed by atoms with Crippen molar-refractivity contribution >= 4 is 29.1 Å². The lowest BCUT2D eigenvalue weighted by Crippen LogP contribution is -2.33. The van der Waals surface area contributed by atoms with E-state index >= 15 is 0 Å². The number of carbonyl (C=O) groups excluding carboxylic acids is 2. The molecule has 7 nitrogen and oxygen atoms in total. The van der Waals surface area contributed by atoms with Gasteiger partial charge in [0.05, 0.1) is 11.4 Å². The number of aryl methyl sites for hydroxylation is 1. The first-order valence-electron chi connectivity index (χ1n) is 7.35. The Morgan fingerprint density at radius 2 is 2.08 bits per heavy atom. The molecule has 0 radical (unpaired) electrons. The Bertz CT molecular complexity index is 837. The third-order valence-electron chi connectivity index (χ3n) is 4.09. The van der Waals surface area contributed by atoms with Crippen LogP contribution in [0.2, 0.25) is 5.15 Å². The summed E-state index contributed by atoms with van der Waals surface area (Å²) in [5, 5.41) is 6.88. The lowest BCUT2D eigenvalue weighted by atomic mass is 9.91. The van der Waals surface area contributed by atoms with Crippen molar-refractivity contribution in [3.8, 4) is 0 Å². The van der Waals surface area contributed by atoms with Crippen LogP contribution in [0.1, 0.15) is 11.6 Å². The van der Waals surface area contributed by atoms with Gasteiger partial charge in [0, 0.05) is 26.6 Å². The Kier molecular flexibility index (Phi) is 4.42. The molecule has 0 aliphatic carbocycles. The average Bonchev–Trinajstić information content (AvgIpc) is 3.03. The molecular formula is C15H14ClF2N5O2. The predicted molar refractivity (Wildman–Crippen MR) is 84.9 cm³/mol. The monoisotopic (exact) mass is 369 g/mol. The first-order valence-corrected chi connectivity index (χ1v) is 7.73. The number of nitrogens with one attached hydrogen (secondary N) is 1. The molecule has 1 aliphatic rings. The maximum atomic E-state index is 13.7. The number of hydrogen-bond acceptors (Lipinski definition) is 4. The van der Waals surface area contributed by atoms with E-state index in [0.29, 0.717) is 10.8 Å². The summed E-state index contributed by atoms with van der Waals surface area (Å²) in [7, 11) is 3.20. The number of nitrogens with zero attached hydrogens (tertiary/aromatic N) is 4. The van der Waals surface area contributed by atoms with E-state index in [1.807, 2.05) is 0 Å². The molecule has 1 saturated heterocycles. The van der Waals surface area contributed by atoms with Gasteiger partial charge < -0.3 is 10.2 Å². The normalized spacial score (nSPS) is 20.2. The van der Waals surface area contributed by atoms with E-state index in [-0.39, 0.29) is 12.2 Å². The summed E-state index contributed by atoms with van der Waals surface area (Å²) in [6, 6.07) is 3.54. The number of anilines is 1. The minimum atomic E-state index is -1.16. The highest BCUT2D eigenvalue weighted by molar-refractivity contribution is 6.29. The van der Waals surface area contributed by atoms with Gasteiger partial charge in [-0.25, -0.2) is 0 Å². The second-order valence-corrected chi connectivity index (χ2v) is 6.17.